The van der Waals surface area contributed by atoms with E-state index < -0.39 is 0 Å². The molecule has 24 heavy (non-hydrogen) atoms. The smallest absolute Gasteiger partial charge is 0.119 e. The number of methoxy groups -OCH3 is 1. The van der Waals surface area contributed by atoms with Gasteiger partial charge in [0.15, 0.2) is 0 Å². The van der Waals surface area contributed by atoms with Crippen molar-refractivity contribution in [2.45, 2.75) is 23.6 Å². The second-order valence-electron chi connectivity index (χ2n) is 5.72. The summed E-state index contributed by atoms with van der Waals surface area (Å²) >= 11 is 1.71. The van der Waals surface area contributed by atoms with Crippen molar-refractivity contribution in [3.05, 3.63) is 30.3 Å². The van der Waals surface area contributed by atoms with Gasteiger partial charge < -0.3 is 10.5 Å². The SMILES string of the molecule is CCN(CC)n1nc2c3c(c(N)ccc31)Sc1ccc(OC)cc1-2. The third-order valence-electron chi connectivity index (χ3n) is 4.46. The Hall–Kier alpha value is -2.34. The number of benzene rings is 2. The normalized spacial score (nSPS) is 12.3. The zero-order chi connectivity index (χ0) is 16.8. The molecule has 0 fully saturated rings. The van der Waals surface area contributed by atoms with E-state index in [0.29, 0.717) is 0 Å². The lowest BCUT2D eigenvalue weighted by atomic mass is 10.1. The molecule has 4 rings (SSSR count). The predicted octanol–water partition coefficient (Wildman–Crippen LogP) is 3.74. The van der Waals surface area contributed by atoms with E-state index in [1.165, 1.54) is 0 Å². The Morgan fingerprint density at radius 2 is 2.00 bits per heavy atom. The summed E-state index contributed by atoms with van der Waals surface area (Å²) < 4.78 is 5.41. The number of nitrogen functional groups attached to an aromatic ring is 1. The van der Waals surface area contributed by atoms with E-state index in [0.717, 1.165) is 56.5 Å². The van der Waals surface area contributed by atoms with Crippen LogP contribution < -0.4 is 15.5 Å². The standard InChI is InChI=1S/C18H20N4OS/c1-4-21(5-2)22-14-8-7-13(19)18-16(14)17(20-22)12-10-11(23-3)6-9-15(12)24-18/h6-10H,4-5,19H2,1-3H3. The van der Waals surface area contributed by atoms with Gasteiger partial charge in [-0.3, -0.25) is 5.01 Å². The summed E-state index contributed by atoms with van der Waals surface area (Å²) in [6.07, 6.45) is 0. The van der Waals surface area contributed by atoms with Crippen LogP contribution in [0.25, 0.3) is 22.2 Å². The minimum Gasteiger partial charge on any atom is -0.497 e. The molecule has 124 valence electrons. The van der Waals surface area contributed by atoms with E-state index in [1.807, 2.05) is 16.9 Å². The van der Waals surface area contributed by atoms with Gasteiger partial charge in [-0.15, -0.1) is 0 Å². The topological polar surface area (TPSA) is 56.3 Å². The molecule has 1 aliphatic rings. The molecular formula is C18H20N4OS. The van der Waals surface area contributed by atoms with Crippen molar-refractivity contribution < 1.29 is 4.74 Å². The number of nitrogens with zero attached hydrogens (tertiary/aromatic N) is 3. The van der Waals surface area contributed by atoms with Crippen LogP contribution in [-0.4, -0.2) is 30.1 Å². The molecule has 3 aromatic rings. The third-order valence-corrected chi connectivity index (χ3v) is 5.68. The lowest BCUT2D eigenvalue weighted by Crippen LogP contribution is -2.34. The number of nitrogens with two attached hydrogens (primary N) is 1. The minimum absolute atomic E-state index is 0.800. The molecule has 0 radical (unpaired) electrons. The quantitative estimate of drug-likeness (QED) is 0.574. The highest BCUT2D eigenvalue weighted by Crippen LogP contribution is 2.50. The van der Waals surface area contributed by atoms with Gasteiger partial charge in [-0.2, -0.15) is 9.89 Å². The number of hydrogen-bond donors (Lipinski definition) is 1. The molecule has 0 atom stereocenters. The van der Waals surface area contributed by atoms with Crippen LogP contribution in [-0.2, 0) is 0 Å². The Bertz CT molecular complexity index is 930. The summed E-state index contributed by atoms with van der Waals surface area (Å²) in [6.45, 7) is 6.07. The van der Waals surface area contributed by atoms with Crippen molar-refractivity contribution >= 4 is 28.4 Å². The first kappa shape index (κ1) is 15.2. The van der Waals surface area contributed by atoms with E-state index in [1.54, 1.807) is 18.9 Å². The lowest BCUT2D eigenvalue weighted by Gasteiger charge is -2.21. The Labute approximate surface area is 145 Å². The molecule has 1 aromatic heterocycles. The zero-order valence-electron chi connectivity index (χ0n) is 14.0. The number of aromatic nitrogens is 2. The van der Waals surface area contributed by atoms with Crippen molar-refractivity contribution in [1.82, 2.24) is 9.89 Å². The number of hydrogen-bond acceptors (Lipinski definition) is 5. The van der Waals surface area contributed by atoms with Gasteiger partial charge in [0.2, 0.25) is 0 Å². The number of anilines is 1. The molecule has 0 unspecified atom stereocenters. The Balaban J connectivity index is 2.06. The lowest BCUT2D eigenvalue weighted by molar-refractivity contribution is 0.414. The van der Waals surface area contributed by atoms with Crippen LogP contribution in [0.15, 0.2) is 40.1 Å². The minimum atomic E-state index is 0.800. The summed E-state index contributed by atoms with van der Waals surface area (Å²) in [7, 11) is 1.69. The maximum absolute atomic E-state index is 6.27. The van der Waals surface area contributed by atoms with E-state index in [9.17, 15) is 0 Å². The first-order valence-corrected chi connectivity index (χ1v) is 8.92. The van der Waals surface area contributed by atoms with Crippen molar-refractivity contribution in [2.24, 2.45) is 0 Å². The Kier molecular flexibility index (Phi) is 3.57. The van der Waals surface area contributed by atoms with Crippen LogP contribution in [0.1, 0.15) is 13.8 Å². The molecule has 0 saturated heterocycles. The molecule has 2 heterocycles. The van der Waals surface area contributed by atoms with Gasteiger partial charge in [0.25, 0.3) is 0 Å². The molecule has 5 nitrogen and oxygen atoms in total. The fourth-order valence-electron chi connectivity index (χ4n) is 3.21. The molecule has 2 N–H and O–H groups in total. The van der Waals surface area contributed by atoms with Crippen LogP contribution in [0.2, 0.25) is 0 Å². The summed E-state index contributed by atoms with van der Waals surface area (Å²) in [5, 5.41) is 8.28. The Morgan fingerprint density at radius 3 is 2.71 bits per heavy atom. The highest BCUT2D eigenvalue weighted by molar-refractivity contribution is 8.00. The van der Waals surface area contributed by atoms with Gasteiger partial charge in [-0.1, -0.05) is 11.8 Å². The van der Waals surface area contributed by atoms with Crippen LogP contribution in [0.3, 0.4) is 0 Å². The van der Waals surface area contributed by atoms with E-state index in [2.05, 4.69) is 37.1 Å². The molecule has 0 amide bonds. The molecule has 1 aliphatic heterocycles. The second-order valence-corrected chi connectivity index (χ2v) is 6.77. The highest BCUT2D eigenvalue weighted by atomic mass is 32.2. The first-order valence-electron chi connectivity index (χ1n) is 8.10. The number of rotatable bonds is 4. The van der Waals surface area contributed by atoms with Crippen LogP contribution in [0.5, 0.6) is 5.75 Å². The molecule has 0 bridgehead atoms. The van der Waals surface area contributed by atoms with Gasteiger partial charge >= 0.3 is 0 Å². The fraction of sp³-hybridized carbons (Fsp3) is 0.278. The van der Waals surface area contributed by atoms with Gasteiger partial charge in [0, 0.05) is 39.5 Å². The van der Waals surface area contributed by atoms with Crippen LogP contribution in [0.4, 0.5) is 5.69 Å². The molecule has 0 saturated carbocycles. The van der Waals surface area contributed by atoms with Gasteiger partial charge in [-0.05, 0) is 44.2 Å². The van der Waals surface area contributed by atoms with Crippen molar-refractivity contribution in [1.29, 1.82) is 0 Å². The average molecular weight is 340 g/mol. The maximum atomic E-state index is 6.27. The third kappa shape index (κ3) is 2.06. The summed E-state index contributed by atoms with van der Waals surface area (Å²) in [4.78, 5) is 4.27. The molecule has 6 heteroatoms. The molecule has 0 spiro atoms. The number of ether oxygens (including phenoxy) is 1. The first-order chi connectivity index (χ1) is 11.7. The van der Waals surface area contributed by atoms with E-state index >= 15 is 0 Å². The molecule has 0 aliphatic carbocycles. The summed E-state index contributed by atoms with van der Waals surface area (Å²) in [5.41, 5.74) is 10.2. The van der Waals surface area contributed by atoms with Gasteiger partial charge in [0.05, 0.1) is 12.6 Å². The largest absolute Gasteiger partial charge is 0.497 e. The monoisotopic (exact) mass is 340 g/mol. The molecule has 2 aromatic carbocycles. The summed E-state index contributed by atoms with van der Waals surface area (Å²) in [5.74, 6) is 0.840. The summed E-state index contributed by atoms with van der Waals surface area (Å²) in [6, 6.07) is 10.2. The van der Waals surface area contributed by atoms with Crippen LogP contribution >= 0.6 is 11.8 Å². The molecular weight excluding hydrogens is 320 g/mol. The highest BCUT2D eigenvalue weighted by Gasteiger charge is 2.27. The fourth-order valence-corrected chi connectivity index (χ4v) is 4.32. The predicted molar refractivity (Wildman–Crippen MR) is 99.6 cm³/mol. The van der Waals surface area contributed by atoms with Gasteiger partial charge in [-0.25, -0.2) is 0 Å². The zero-order valence-corrected chi connectivity index (χ0v) is 14.9. The van der Waals surface area contributed by atoms with Crippen molar-refractivity contribution in [3.8, 4) is 17.0 Å². The second kappa shape index (κ2) is 5.63. The van der Waals surface area contributed by atoms with E-state index in [-0.39, 0.29) is 0 Å². The van der Waals surface area contributed by atoms with Gasteiger partial charge in [0.1, 0.15) is 11.4 Å². The average Bonchev–Trinajstić information content (AvgIpc) is 2.99. The Morgan fingerprint density at radius 1 is 1.21 bits per heavy atom. The van der Waals surface area contributed by atoms with E-state index in [4.69, 9.17) is 15.6 Å². The van der Waals surface area contributed by atoms with Crippen LogP contribution in [0, 0.1) is 0 Å². The maximum Gasteiger partial charge on any atom is 0.119 e. The van der Waals surface area contributed by atoms with Crippen molar-refractivity contribution in [3.63, 3.8) is 0 Å². The van der Waals surface area contributed by atoms with Crippen molar-refractivity contribution in [2.75, 3.05) is 30.9 Å². The number of fused-ring (bicyclic) bond motifs is 2.